The molecule has 1 aliphatic heterocycles. The minimum Gasteiger partial charge on any atom is -0.268 e. The van der Waals surface area contributed by atoms with Crippen molar-refractivity contribution in [3.63, 3.8) is 0 Å². The summed E-state index contributed by atoms with van der Waals surface area (Å²) in [6, 6.07) is 21.0. The van der Waals surface area contributed by atoms with E-state index < -0.39 is 0 Å². The molecule has 3 nitrogen and oxygen atoms in total. The van der Waals surface area contributed by atoms with E-state index in [0.29, 0.717) is 0 Å². The van der Waals surface area contributed by atoms with E-state index in [0.717, 1.165) is 24.2 Å². The molecule has 0 bridgehead atoms. The number of rotatable bonds is 2. The molecule has 2 aromatic carbocycles. The van der Waals surface area contributed by atoms with Gasteiger partial charge in [-0.25, -0.2) is 0 Å². The van der Waals surface area contributed by atoms with E-state index in [9.17, 15) is 0 Å². The van der Waals surface area contributed by atoms with Gasteiger partial charge in [-0.3, -0.25) is 9.67 Å². The van der Waals surface area contributed by atoms with Crippen LogP contribution in [0.1, 0.15) is 12.1 Å². The molecule has 0 aliphatic carbocycles. The highest BCUT2D eigenvalue weighted by atomic mass is 15.3. The van der Waals surface area contributed by atoms with Crippen LogP contribution < -0.4 is 0 Å². The zero-order valence-corrected chi connectivity index (χ0v) is 13.3. The number of aryl methyl sites for hydroxylation is 1. The summed E-state index contributed by atoms with van der Waals surface area (Å²) in [4.78, 5) is 4.52. The van der Waals surface area contributed by atoms with Gasteiger partial charge in [0.05, 0.1) is 5.52 Å². The van der Waals surface area contributed by atoms with Crippen LogP contribution in [0.15, 0.2) is 66.9 Å². The lowest BCUT2D eigenvalue weighted by Crippen LogP contribution is -1.94. The maximum Gasteiger partial charge on any atom is 0.100 e. The molecule has 24 heavy (non-hydrogen) atoms. The summed E-state index contributed by atoms with van der Waals surface area (Å²) in [5.74, 6) is 0. The molecule has 0 saturated heterocycles. The van der Waals surface area contributed by atoms with E-state index in [-0.39, 0.29) is 0 Å². The number of nitrogens with zero attached hydrogens (tertiary/aromatic N) is 3. The van der Waals surface area contributed by atoms with Crippen LogP contribution in [-0.2, 0) is 13.0 Å². The SMILES string of the molecule is c1ccc(-c2nn3c(c2-c2ccnc4ccccc24)CCC3)cc1. The highest BCUT2D eigenvalue weighted by Crippen LogP contribution is 2.39. The lowest BCUT2D eigenvalue weighted by atomic mass is 9.95. The molecule has 5 rings (SSSR count). The Labute approximate surface area is 140 Å². The molecule has 0 atom stereocenters. The molecule has 0 N–H and O–H groups in total. The van der Waals surface area contributed by atoms with Crippen molar-refractivity contribution < 1.29 is 0 Å². The first-order valence-corrected chi connectivity index (χ1v) is 8.41. The van der Waals surface area contributed by atoms with Crippen LogP contribution in [-0.4, -0.2) is 14.8 Å². The predicted molar refractivity (Wildman–Crippen MR) is 96.7 cm³/mol. The molecule has 0 unspecified atom stereocenters. The highest BCUT2D eigenvalue weighted by Gasteiger charge is 2.24. The Morgan fingerprint density at radius 3 is 2.62 bits per heavy atom. The van der Waals surface area contributed by atoms with E-state index in [2.05, 4.69) is 64.3 Å². The van der Waals surface area contributed by atoms with Gasteiger partial charge in [-0.15, -0.1) is 0 Å². The fourth-order valence-corrected chi connectivity index (χ4v) is 3.73. The molecule has 4 aromatic rings. The number of aromatic nitrogens is 3. The number of fused-ring (bicyclic) bond motifs is 2. The summed E-state index contributed by atoms with van der Waals surface area (Å²) in [7, 11) is 0. The number of hydrogen-bond donors (Lipinski definition) is 0. The van der Waals surface area contributed by atoms with Crippen molar-refractivity contribution in [3.8, 4) is 22.4 Å². The summed E-state index contributed by atoms with van der Waals surface area (Å²) in [6.45, 7) is 1.01. The monoisotopic (exact) mass is 311 g/mol. The standard InChI is InChI=1S/C21H17N3/c1-2-7-15(8-3-1)21-20(19-11-6-14-24(19)23-21)17-12-13-22-18-10-5-4-9-16(17)18/h1-5,7-10,12-13H,6,11,14H2. The number of benzene rings is 2. The topological polar surface area (TPSA) is 30.7 Å². The Hall–Kier alpha value is -2.94. The average Bonchev–Trinajstić information content (AvgIpc) is 3.23. The van der Waals surface area contributed by atoms with Gasteiger partial charge in [-0.2, -0.15) is 5.10 Å². The summed E-state index contributed by atoms with van der Waals surface area (Å²) < 4.78 is 2.19. The second-order valence-electron chi connectivity index (χ2n) is 6.24. The quantitative estimate of drug-likeness (QED) is 0.536. The second-order valence-corrected chi connectivity index (χ2v) is 6.24. The molecule has 0 radical (unpaired) electrons. The molecular formula is C21H17N3. The van der Waals surface area contributed by atoms with Crippen molar-refractivity contribution in [2.24, 2.45) is 0 Å². The molecule has 3 heterocycles. The van der Waals surface area contributed by atoms with Crippen molar-refractivity contribution in [2.45, 2.75) is 19.4 Å². The van der Waals surface area contributed by atoms with Gasteiger partial charge in [-0.1, -0.05) is 48.5 Å². The minimum absolute atomic E-state index is 1.01. The molecule has 0 amide bonds. The predicted octanol–water partition coefficient (Wildman–Crippen LogP) is 4.71. The Bertz CT molecular complexity index is 1030. The number of para-hydroxylation sites is 1. The Balaban J connectivity index is 1.84. The van der Waals surface area contributed by atoms with Crippen LogP contribution in [0.25, 0.3) is 33.3 Å². The first-order chi connectivity index (χ1) is 11.9. The van der Waals surface area contributed by atoms with Crippen molar-refractivity contribution in [1.82, 2.24) is 14.8 Å². The van der Waals surface area contributed by atoms with Crippen molar-refractivity contribution in [1.29, 1.82) is 0 Å². The third-order valence-corrected chi connectivity index (χ3v) is 4.81. The van der Waals surface area contributed by atoms with Gasteiger partial charge in [0.1, 0.15) is 5.69 Å². The fraction of sp³-hybridized carbons (Fsp3) is 0.143. The first-order valence-electron chi connectivity index (χ1n) is 8.41. The summed E-state index contributed by atoms with van der Waals surface area (Å²) >= 11 is 0. The number of hydrogen-bond acceptors (Lipinski definition) is 2. The van der Waals surface area contributed by atoms with E-state index in [1.165, 1.54) is 34.2 Å². The molecule has 1 aliphatic rings. The van der Waals surface area contributed by atoms with Crippen LogP contribution in [0, 0.1) is 0 Å². The largest absolute Gasteiger partial charge is 0.268 e. The molecule has 3 heteroatoms. The summed E-state index contributed by atoms with van der Waals surface area (Å²) in [5, 5.41) is 6.13. The van der Waals surface area contributed by atoms with Gasteiger partial charge >= 0.3 is 0 Å². The van der Waals surface area contributed by atoms with Gasteiger partial charge in [0.15, 0.2) is 0 Å². The zero-order chi connectivity index (χ0) is 15.9. The van der Waals surface area contributed by atoms with Gasteiger partial charge < -0.3 is 0 Å². The Morgan fingerprint density at radius 1 is 0.875 bits per heavy atom. The average molecular weight is 311 g/mol. The van der Waals surface area contributed by atoms with Gasteiger partial charge in [0.2, 0.25) is 0 Å². The zero-order valence-electron chi connectivity index (χ0n) is 13.3. The molecular weight excluding hydrogens is 294 g/mol. The van der Waals surface area contributed by atoms with Crippen LogP contribution >= 0.6 is 0 Å². The van der Waals surface area contributed by atoms with E-state index >= 15 is 0 Å². The van der Waals surface area contributed by atoms with E-state index in [1.54, 1.807) is 0 Å². The third kappa shape index (κ3) is 1.98. The normalized spacial score (nSPS) is 13.3. The van der Waals surface area contributed by atoms with Crippen LogP contribution in [0.4, 0.5) is 0 Å². The van der Waals surface area contributed by atoms with Crippen molar-refractivity contribution in [3.05, 3.63) is 72.6 Å². The van der Waals surface area contributed by atoms with E-state index in [1.807, 2.05) is 12.3 Å². The van der Waals surface area contributed by atoms with Crippen molar-refractivity contribution in [2.75, 3.05) is 0 Å². The highest BCUT2D eigenvalue weighted by molar-refractivity contribution is 5.98. The molecule has 2 aromatic heterocycles. The van der Waals surface area contributed by atoms with Gasteiger partial charge in [0.25, 0.3) is 0 Å². The van der Waals surface area contributed by atoms with Gasteiger partial charge in [0, 0.05) is 34.9 Å². The lowest BCUT2D eigenvalue weighted by Gasteiger charge is -2.09. The molecule has 0 fully saturated rings. The lowest BCUT2D eigenvalue weighted by molar-refractivity contribution is 0.659. The molecule has 116 valence electrons. The van der Waals surface area contributed by atoms with Crippen LogP contribution in [0.5, 0.6) is 0 Å². The van der Waals surface area contributed by atoms with Gasteiger partial charge in [-0.05, 0) is 30.5 Å². The first kappa shape index (κ1) is 13.5. The maximum atomic E-state index is 4.94. The van der Waals surface area contributed by atoms with E-state index in [4.69, 9.17) is 5.10 Å². The molecule has 0 saturated carbocycles. The second kappa shape index (κ2) is 5.31. The number of pyridine rings is 1. The minimum atomic E-state index is 1.01. The Morgan fingerprint density at radius 2 is 1.71 bits per heavy atom. The van der Waals surface area contributed by atoms with Crippen LogP contribution in [0.2, 0.25) is 0 Å². The third-order valence-electron chi connectivity index (χ3n) is 4.81. The molecule has 0 spiro atoms. The van der Waals surface area contributed by atoms with Crippen molar-refractivity contribution >= 4 is 10.9 Å². The summed E-state index contributed by atoms with van der Waals surface area (Å²) in [5.41, 5.74) is 7.16. The smallest absolute Gasteiger partial charge is 0.100 e. The Kier molecular flexibility index (Phi) is 2.98. The fourth-order valence-electron chi connectivity index (χ4n) is 3.73. The summed E-state index contributed by atoms with van der Waals surface area (Å²) in [6.07, 6.45) is 4.17. The maximum absolute atomic E-state index is 4.94. The van der Waals surface area contributed by atoms with Crippen LogP contribution in [0.3, 0.4) is 0 Å².